The third-order valence-electron chi connectivity index (χ3n) is 3.49. The van der Waals surface area contributed by atoms with Crippen LogP contribution in [0.3, 0.4) is 0 Å². The van der Waals surface area contributed by atoms with Crippen LogP contribution in [0, 0.1) is 23.7 Å². The highest BCUT2D eigenvalue weighted by molar-refractivity contribution is 5.18. The van der Waals surface area contributed by atoms with Gasteiger partial charge in [0, 0.05) is 5.92 Å². The van der Waals surface area contributed by atoms with E-state index in [1.165, 1.54) is 51.4 Å². The third-order valence-corrected chi connectivity index (χ3v) is 3.49. The van der Waals surface area contributed by atoms with E-state index in [9.17, 15) is 0 Å². The van der Waals surface area contributed by atoms with Crippen molar-refractivity contribution >= 4 is 0 Å². The number of rotatable bonds is 1. The Morgan fingerprint density at radius 1 is 0.857 bits per heavy atom. The number of hydrogen-bond donors (Lipinski definition) is 0. The van der Waals surface area contributed by atoms with E-state index in [2.05, 4.69) is 24.0 Å². The van der Waals surface area contributed by atoms with E-state index < -0.39 is 0 Å². The standard InChI is InChI=1S/C14H20/c1-2-8-13(7-1)11-5-6-12-14-9-3-4-10-14/h5,11,13-14H,1-4,7-10H2/b11-5-. The molecule has 76 valence electrons. The van der Waals surface area contributed by atoms with E-state index in [1.54, 1.807) is 0 Å². The lowest BCUT2D eigenvalue weighted by Gasteiger charge is -1.97. The van der Waals surface area contributed by atoms with E-state index in [0.717, 1.165) is 5.92 Å². The van der Waals surface area contributed by atoms with Gasteiger partial charge in [0.15, 0.2) is 0 Å². The van der Waals surface area contributed by atoms with Crippen LogP contribution in [-0.2, 0) is 0 Å². The van der Waals surface area contributed by atoms with Gasteiger partial charge in [-0.25, -0.2) is 0 Å². The molecular formula is C14H20. The van der Waals surface area contributed by atoms with Gasteiger partial charge in [0.05, 0.1) is 0 Å². The summed E-state index contributed by atoms with van der Waals surface area (Å²) in [6.07, 6.45) is 15.5. The van der Waals surface area contributed by atoms with Crippen LogP contribution < -0.4 is 0 Å². The summed E-state index contributed by atoms with van der Waals surface area (Å²) in [5, 5.41) is 0. The van der Waals surface area contributed by atoms with Crippen molar-refractivity contribution < 1.29 is 0 Å². The molecule has 2 saturated carbocycles. The Balaban J connectivity index is 1.73. The van der Waals surface area contributed by atoms with E-state index in [1.807, 2.05) is 0 Å². The van der Waals surface area contributed by atoms with Crippen molar-refractivity contribution in [3.63, 3.8) is 0 Å². The van der Waals surface area contributed by atoms with Crippen LogP contribution in [0.25, 0.3) is 0 Å². The third kappa shape index (κ3) is 2.91. The minimum atomic E-state index is 0.711. The molecule has 0 aromatic rings. The first-order valence-electron chi connectivity index (χ1n) is 6.13. The zero-order valence-corrected chi connectivity index (χ0v) is 8.97. The van der Waals surface area contributed by atoms with Gasteiger partial charge in [-0.3, -0.25) is 0 Å². The van der Waals surface area contributed by atoms with Gasteiger partial charge in [-0.15, -0.1) is 0 Å². The maximum absolute atomic E-state index is 3.37. The second-order valence-electron chi connectivity index (χ2n) is 4.67. The molecule has 0 saturated heterocycles. The second kappa shape index (κ2) is 5.25. The van der Waals surface area contributed by atoms with Gasteiger partial charge in [0.25, 0.3) is 0 Å². The fourth-order valence-corrected chi connectivity index (χ4v) is 2.57. The van der Waals surface area contributed by atoms with Crippen molar-refractivity contribution in [2.75, 3.05) is 0 Å². The van der Waals surface area contributed by atoms with E-state index >= 15 is 0 Å². The van der Waals surface area contributed by atoms with Crippen LogP contribution in [0.2, 0.25) is 0 Å². The first kappa shape index (κ1) is 9.84. The van der Waals surface area contributed by atoms with Crippen molar-refractivity contribution in [1.29, 1.82) is 0 Å². The highest BCUT2D eigenvalue weighted by Crippen LogP contribution is 2.25. The molecule has 0 aliphatic heterocycles. The fourth-order valence-electron chi connectivity index (χ4n) is 2.57. The van der Waals surface area contributed by atoms with E-state index in [4.69, 9.17) is 0 Å². The lowest BCUT2D eigenvalue weighted by Crippen LogP contribution is -1.86. The molecule has 2 aliphatic carbocycles. The second-order valence-corrected chi connectivity index (χ2v) is 4.67. The van der Waals surface area contributed by atoms with Gasteiger partial charge in [0.1, 0.15) is 0 Å². The van der Waals surface area contributed by atoms with Crippen LogP contribution in [0.4, 0.5) is 0 Å². The average molecular weight is 188 g/mol. The van der Waals surface area contributed by atoms with E-state index in [-0.39, 0.29) is 0 Å². The average Bonchev–Trinajstić information content (AvgIpc) is 2.86. The Labute approximate surface area is 87.8 Å². The van der Waals surface area contributed by atoms with Crippen molar-refractivity contribution in [2.45, 2.75) is 51.4 Å². The normalized spacial score (nSPS) is 24.3. The molecule has 0 nitrogen and oxygen atoms in total. The van der Waals surface area contributed by atoms with Crippen LogP contribution >= 0.6 is 0 Å². The summed E-state index contributed by atoms with van der Waals surface area (Å²) in [5.74, 6) is 8.14. The van der Waals surface area contributed by atoms with E-state index in [0.29, 0.717) is 5.92 Å². The highest BCUT2D eigenvalue weighted by Gasteiger charge is 2.11. The molecule has 2 fully saturated rings. The molecule has 0 atom stereocenters. The molecule has 0 aromatic heterocycles. The molecule has 0 amide bonds. The lowest BCUT2D eigenvalue weighted by molar-refractivity contribution is 0.686. The molecule has 0 unspecified atom stereocenters. The topological polar surface area (TPSA) is 0 Å². The molecule has 0 heterocycles. The summed E-state index contributed by atoms with van der Waals surface area (Å²) in [6.45, 7) is 0. The minimum absolute atomic E-state index is 0.711. The summed E-state index contributed by atoms with van der Waals surface area (Å²) >= 11 is 0. The number of allylic oxidation sites excluding steroid dienone is 2. The molecule has 0 heteroatoms. The van der Waals surface area contributed by atoms with Crippen molar-refractivity contribution in [3.05, 3.63) is 12.2 Å². The Kier molecular flexibility index (Phi) is 3.69. The Bertz CT molecular complexity index is 239. The maximum atomic E-state index is 3.37. The number of hydrogen-bond acceptors (Lipinski definition) is 0. The van der Waals surface area contributed by atoms with Crippen LogP contribution in [0.5, 0.6) is 0 Å². The van der Waals surface area contributed by atoms with Crippen LogP contribution in [0.15, 0.2) is 12.2 Å². The maximum Gasteiger partial charge on any atom is 0.0206 e. The van der Waals surface area contributed by atoms with Gasteiger partial charge < -0.3 is 0 Å². The van der Waals surface area contributed by atoms with Crippen molar-refractivity contribution in [1.82, 2.24) is 0 Å². The van der Waals surface area contributed by atoms with Gasteiger partial charge >= 0.3 is 0 Å². The highest BCUT2D eigenvalue weighted by atomic mass is 14.2. The smallest absolute Gasteiger partial charge is 0.0206 e. The Morgan fingerprint density at radius 2 is 1.50 bits per heavy atom. The summed E-state index contributed by atoms with van der Waals surface area (Å²) in [5.41, 5.74) is 0. The largest absolute Gasteiger partial charge is 0.0951 e. The lowest BCUT2D eigenvalue weighted by atomic mass is 10.1. The molecule has 0 radical (unpaired) electrons. The Morgan fingerprint density at radius 3 is 2.21 bits per heavy atom. The predicted molar refractivity (Wildman–Crippen MR) is 60.8 cm³/mol. The van der Waals surface area contributed by atoms with Gasteiger partial charge in [-0.2, -0.15) is 0 Å². The minimum Gasteiger partial charge on any atom is -0.0951 e. The molecule has 14 heavy (non-hydrogen) atoms. The molecule has 0 N–H and O–H groups in total. The van der Waals surface area contributed by atoms with Gasteiger partial charge in [-0.1, -0.05) is 43.6 Å². The first-order valence-corrected chi connectivity index (χ1v) is 6.13. The SMILES string of the molecule is C(#CC1CCCC1)/C=C\C1CCCC1. The van der Waals surface area contributed by atoms with Crippen LogP contribution in [0.1, 0.15) is 51.4 Å². The molecule has 0 aromatic carbocycles. The monoisotopic (exact) mass is 188 g/mol. The molecule has 0 spiro atoms. The summed E-state index contributed by atoms with van der Waals surface area (Å²) < 4.78 is 0. The summed E-state index contributed by atoms with van der Waals surface area (Å²) in [7, 11) is 0. The summed E-state index contributed by atoms with van der Waals surface area (Å²) in [4.78, 5) is 0. The molecule has 2 rings (SSSR count). The quantitative estimate of drug-likeness (QED) is 0.547. The molecule has 2 aliphatic rings. The van der Waals surface area contributed by atoms with Crippen molar-refractivity contribution in [2.24, 2.45) is 11.8 Å². The Hall–Kier alpha value is -0.700. The zero-order valence-electron chi connectivity index (χ0n) is 8.97. The molecular weight excluding hydrogens is 168 g/mol. The first-order chi connectivity index (χ1) is 6.95. The zero-order chi connectivity index (χ0) is 9.64. The summed E-state index contributed by atoms with van der Waals surface area (Å²) in [6, 6.07) is 0. The fraction of sp³-hybridized carbons (Fsp3) is 0.714. The van der Waals surface area contributed by atoms with Crippen LogP contribution in [-0.4, -0.2) is 0 Å². The predicted octanol–water partition coefficient (Wildman–Crippen LogP) is 3.93. The van der Waals surface area contributed by atoms with Crippen molar-refractivity contribution in [3.8, 4) is 11.8 Å². The molecule has 0 bridgehead atoms. The van der Waals surface area contributed by atoms with Gasteiger partial charge in [0.2, 0.25) is 0 Å². The van der Waals surface area contributed by atoms with Gasteiger partial charge in [-0.05, 0) is 37.7 Å².